The fraction of sp³-hybridized carbons (Fsp3) is 0.417. The molecule has 0 spiro atoms. The summed E-state index contributed by atoms with van der Waals surface area (Å²) in [6, 6.07) is 5.87. The fourth-order valence-electron chi connectivity index (χ4n) is 1.57. The summed E-state index contributed by atoms with van der Waals surface area (Å²) in [6.07, 6.45) is 0.882. The minimum absolute atomic E-state index is 0.135. The van der Waals surface area contributed by atoms with Crippen LogP contribution in [0.15, 0.2) is 18.2 Å². The fourth-order valence-corrected chi connectivity index (χ4v) is 1.57. The van der Waals surface area contributed by atoms with Gasteiger partial charge in [-0.3, -0.25) is 0 Å². The maximum atomic E-state index is 10.4. The van der Waals surface area contributed by atoms with Crippen molar-refractivity contribution >= 4 is 6.29 Å². The van der Waals surface area contributed by atoms with Crippen LogP contribution in [-0.4, -0.2) is 11.4 Å². The molecule has 1 aromatic carbocycles. The van der Waals surface area contributed by atoms with Crippen LogP contribution < -0.4 is 0 Å². The van der Waals surface area contributed by atoms with E-state index in [2.05, 4.69) is 0 Å². The van der Waals surface area contributed by atoms with Crippen molar-refractivity contribution in [2.24, 2.45) is 0 Å². The van der Waals surface area contributed by atoms with Gasteiger partial charge in [0, 0.05) is 6.42 Å². The zero-order valence-electron chi connectivity index (χ0n) is 8.87. The van der Waals surface area contributed by atoms with Gasteiger partial charge < -0.3 is 9.90 Å². The van der Waals surface area contributed by atoms with E-state index in [4.69, 9.17) is 0 Å². The van der Waals surface area contributed by atoms with Gasteiger partial charge in [0.25, 0.3) is 0 Å². The molecule has 0 radical (unpaired) electrons. The van der Waals surface area contributed by atoms with Gasteiger partial charge in [-0.25, -0.2) is 0 Å². The number of carbonyl (C=O) groups excluding carboxylic acids is 1. The molecule has 2 nitrogen and oxygen atoms in total. The average molecular weight is 192 g/mol. The summed E-state index contributed by atoms with van der Waals surface area (Å²) in [7, 11) is 0. The maximum absolute atomic E-state index is 10.4. The van der Waals surface area contributed by atoms with Crippen molar-refractivity contribution in [1.29, 1.82) is 0 Å². The summed E-state index contributed by atoms with van der Waals surface area (Å²) in [4.78, 5) is 10.4. The number of aryl methyl sites for hydroxylation is 2. The predicted octanol–water partition coefficient (Wildman–Crippen LogP) is 2.10. The van der Waals surface area contributed by atoms with Crippen LogP contribution in [0.3, 0.4) is 0 Å². The Bertz CT molecular complexity index is 320. The van der Waals surface area contributed by atoms with Crippen LogP contribution in [0.4, 0.5) is 0 Å². The number of aldehydes is 1. The van der Waals surface area contributed by atoms with E-state index in [0.29, 0.717) is 0 Å². The summed E-state index contributed by atoms with van der Waals surface area (Å²) in [5, 5.41) is 10.0. The maximum Gasteiger partial charge on any atom is 0.123 e. The summed E-state index contributed by atoms with van der Waals surface area (Å²) in [5.41, 5.74) is 1.97. The van der Waals surface area contributed by atoms with Gasteiger partial charge in [-0.15, -0.1) is 0 Å². The molecule has 14 heavy (non-hydrogen) atoms. The second-order valence-electron chi connectivity index (χ2n) is 4.02. The highest BCUT2D eigenvalue weighted by Gasteiger charge is 2.22. The molecule has 0 heterocycles. The third-order valence-electron chi connectivity index (χ3n) is 2.32. The van der Waals surface area contributed by atoms with Crippen LogP contribution in [0.25, 0.3) is 0 Å². The van der Waals surface area contributed by atoms with Gasteiger partial charge in [0.2, 0.25) is 0 Å². The number of carbonyl (C=O) groups is 1. The Morgan fingerprint density at radius 1 is 1.29 bits per heavy atom. The summed E-state index contributed by atoms with van der Waals surface area (Å²) in [6.45, 7) is 5.62. The quantitative estimate of drug-likeness (QED) is 0.745. The topological polar surface area (TPSA) is 37.3 Å². The second kappa shape index (κ2) is 3.93. The van der Waals surface area contributed by atoms with E-state index in [-0.39, 0.29) is 6.42 Å². The Balaban J connectivity index is 3.11. The van der Waals surface area contributed by atoms with Crippen molar-refractivity contribution in [3.05, 3.63) is 34.9 Å². The van der Waals surface area contributed by atoms with E-state index in [1.54, 1.807) is 6.92 Å². The lowest BCUT2D eigenvalue weighted by atomic mass is 9.91. The van der Waals surface area contributed by atoms with Gasteiger partial charge in [-0.2, -0.15) is 0 Å². The van der Waals surface area contributed by atoms with Crippen molar-refractivity contribution in [3.63, 3.8) is 0 Å². The second-order valence-corrected chi connectivity index (χ2v) is 4.02. The summed E-state index contributed by atoms with van der Waals surface area (Å²) < 4.78 is 0. The monoisotopic (exact) mass is 192 g/mol. The molecule has 0 bridgehead atoms. The highest BCUT2D eigenvalue weighted by molar-refractivity contribution is 5.52. The highest BCUT2D eigenvalue weighted by Crippen LogP contribution is 2.25. The zero-order chi connectivity index (χ0) is 10.8. The number of rotatable bonds is 3. The van der Waals surface area contributed by atoms with E-state index in [1.807, 2.05) is 32.0 Å². The number of hydrogen-bond donors (Lipinski definition) is 1. The molecule has 0 amide bonds. The number of benzene rings is 1. The van der Waals surface area contributed by atoms with Gasteiger partial charge >= 0.3 is 0 Å². The van der Waals surface area contributed by atoms with Crippen molar-refractivity contribution < 1.29 is 9.90 Å². The van der Waals surface area contributed by atoms with Crippen LogP contribution in [0, 0.1) is 13.8 Å². The molecular formula is C12H16O2. The minimum Gasteiger partial charge on any atom is -0.385 e. The average Bonchev–Trinajstić information content (AvgIpc) is 2.02. The molecule has 1 unspecified atom stereocenters. The first kappa shape index (κ1) is 10.9. The summed E-state index contributed by atoms with van der Waals surface area (Å²) >= 11 is 0. The first-order valence-corrected chi connectivity index (χ1v) is 4.70. The zero-order valence-corrected chi connectivity index (χ0v) is 8.87. The molecule has 0 aliphatic carbocycles. The summed E-state index contributed by atoms with van der Waals surface area (Å²) in [5.74, 6) is 0. The van der Waals surface area contributed by atoms with Crippen LogP contribution in [0.1, 0.15) is 30.0 Å². The first-order valence-electron chi connectivity index (χ1n) is 4.70. The van der Waals surface area contributed by atoms with E-state index >= 15 is 0 Å². The molecule has 0 aromatic heterocycles. The first-order chi connectivity index (χ1) is 6.45. The van der Waals surface area contributed by atoms with Gasteiger partial charge in [0.05, 0.1) is 5.60 Å². The molecule has 76 valence electrons. The third kappa shape index (κ3) is 2.42. The van der Waals surface area contributed by atoms with Crippen LogP contribution in [-0.2, 0) is 10.4 Å². The SMILES string of the molecule is Cc1cc(C)cc(C(C)(O)CC=O)c1. The van der Waals surface area contributed by atoms with Gasteiger partial charge in [0.1, 0.15) is 6.29 Å². The smallest absolute Gasteiger partial charge is 0.123 e. The molecular weight excluding hydrogens is 176 g/mol. The predicted molar refractivity (Wildman–Crippen MR) is 56.2 cm³/mol. The standard InChI is InChI=1S/C12H16O2/c1-9-6-10(2)8-11(7-9)12(3,14)4-5-13/h5-8,14H,4H2,1-3H3. The molecule has 0 fully saturated rings. The van der Waals surface area contributed by atoms with Crippen molar-refractivity contribution in [2.45, 2.75) is 32.8 Å². The van der Waals surface area contributed by atoms with Gasteiger partial charge in [0.15, 0.2) is 0 Å². The van der Waals surface area contributed by atoms with E-state index in [1.165, 1.54) is 0 Å². The van der Waals surface area contributed by atoms with Crippen molar-refractivity contribution in [1.82, 2.24) is 0 Å². The Kier molecular flexibility index (Phi) is 3.06. The van der Waals surface area contributed by atoms with E-state index in [9.17, 15) is 9.90 Å². The minimum atomic E-state index is -1.04. The van der Waals surface area contributed by atoms with Crippen molar-refractivity contribution in [2.75, 3.05) is 0 Å². The van der Waals surface area contributed by atoms with Crippen LogP contribution >= 0.6 is 0 Å². The van der Waals surface area contributed by atoms with E-state index in [0.717, 1.165) is 23.0 Å². The Morgan fingerprint density at radius 2 is 1.79 bits per heavy atom. The molecule has 0 aliphatic rings. The third-order valence-corrected chi connectivity index (χ3v) is 2.32. The normalized spacial score (nSPS) is 14.9. The molecule has 0 saturated heterocycles. The largest absolute Gasteiger partial charge is 0.385 e. The molecule has 1 atom stereocenters. The number of hydrogen-bond acceptors (Lipinski definition) is 2. The molecule has 1 rings (SSSR count). The Labute approximate surface area is 84.6 Å². The van der Waals surface area contributed by atoms with E-state index < -0.39 is 5.60 Å². The highest BCUT2D eigenvalue weighted by atomic mass is 16.3. The lowest BCUT2D eigenvalue weighted by Gasteiger charge is -2.22. The van der Waals surface area contributed by atoms with Crippen molar-refractivity contribution in [3.8, 4) is 0 Å². The van der Waals surface area contributed by atoms with Gasteiger partial charge in [-0.05, 0) is 26.3 Å². The Morgan fingerprint density at radius 3 is 2.21 bits per heavy atom. The molecule has 2 heteroatoms. The molecule has 1 N–H and O–H groups in total. The van der Waals surface area contributed by atoms with Gasteiger partial charge in [-0.1, -0.05) is 29.3 Å². The Hall–Kier alpha value is -1.15. The molecule has 0 aliphatic heterocycles. The number of aliphatic hydroxyl groups is 1. The molecule has 1 aromatic rings. The van der Waals surface area contributed by atoms with Crippen LogP contribution in [0.2, 0.25) is 0 Å². The molecule has 0 saturated carbocycles. The lowest BCUT2D eigenvalue weighted by molar-refractivity contribution is -0.112. The lowest BCUT2D eigenvalue weighted by Crippen LogP contribution is -2.21. The van der Waals surface area contributed by atoms with Crippen LogP contribution in [0.5, 0.6) is 0 Å².